The molecule has 9 aromatic carbocycles. The molecule has 0 bridgehead atoms. The summed E-state index contributed by atoms with van der Waals surface area (Å²) in [6.07, 6.45) is 0. The molecular weight excluding hydrogens is 542 g/mol. The monoisotopic (exact) mass is 569 g/mol. The summed E-state index contributed by atoms with van der Waals surface area (Å²) < 4.78 is 0. The van der Waals surface area contributed by atoms with Gasteiger partial charge in [0.2, 0.25) is 0 Å². The zero-order chi connectivity index (χ0) is 29.5. The summed E-state index contributed by atoms with van der Waals surface area (Å²) in [7, 11) is 0. The molecule has 1 heteroatoms. The van der Waals surface area contributed by atoms with E-state index in [0.29, 0.717) is 0 Å². The van der Waals surface area contributed by atoms with Crippen molar-refractivity contribution in [3.8, 4) is 22.3 Å². The van der Waals surface area contributed by atoms with Crippen LogP contribution in [0.25, 0.3) is 97.9 Å². The van der Waals surface area contributed by atoms with Gasteiger partial charge in [0.1, 0.15) is 0 Å². The summed E-state index contributed by atoms with van der Waals surface area (Å²) in [6.45, 7) is 0. The van der Waals surface area contributed by atoms with Crippen molar-refractivity contribution in [1.29, 1.82) is 0 Å². The molecule has 0 aliphatic carbocycles. The second-order valence-corrected chi connectivity index (χ2v) is 12.2. The summed E-state index contributed by atoms with van der Waals surface area (Å²) in [5, 5.41) is 15.2. The molecule has 45 heavy (non-hydrogen) atoms. The zero-order valence-corrected chi connectivity index (χ0v) is 24.5. The molecule has 0 amide bonds. The number of benzene rings is 9. The Kier molecular flexibility index (Phi) is 5.06. The Bertz CT molecular complexity index is 2760. The first-order chi connectivity index (χ1) is 22.3. The molecule has 0 aliphatic rings. The molecule has 1 heterocycles. The number of aromatic nitrogens is 1. The quantitative estimate of drug-likeness (QED) is 0.157. The average Bonchev–Trinajstić information content (AvgIpc) is 3.49. The number of aromatic amines is 1. The van der Waals surface area contributed by atoms with Crippen LogP contribution in [0, 0.1) is 0 Å². The predicted octanol–water partition coefficient (Wildman–Crippen LogP) is 12.4. The summed E-state index contributed by atoms with van der Waals surface area (Å²) in [6, 6.07) is 58.1. The SMILES string of the molecule is c1ccc2c(c1)ccc1ccc(-c3c4ccccc4c(-c4ccc5c(c4)[nH]c4c6ccccc6ccc54)c4ccccc34)cc12. The molecule has 0 saturated heterocycles. The highest BCUT2D eigenvalue weighted by Crippen LogP contribution is 2.45. The Hall–Kier alpha value is -5.92. The van der Waals surface area contributed by atoms with E-state index in [0.717, 1.165) is 5.52 Å². The Morgan fingerprint density at radius 2 is 0.733 bits per heavy atom. The lowest BCUT2D eigenvalue weighted by Gasteiger charge is -2.18. The molecule has 208 valence electrons. The fourth-order valence-electron chi connectivity index (χ4n) is 7.71. The van der Waals surface area contributed by atoms with Gasteiger partial charge in [-0.3, -0.25) is 0 Å². The van der Waals surface area contributed by atoms with Gasteiger partial charge in [-0.05, 0) is 82.9 Å². The first-order valence-corrected chi connectivity index (χ1v) is 15.6. The van der Waals surface area contributed by atoms with E-state index in [1.807, 2.05) is 0 Å². The second-order valence-electron chi connectivity index (χ2n) is 12.2. The summed E-state index contributed by atoms with van der Waals surface area (Å²) >= 11 is 0. The van der Waals surface area contributed by atoms with Gasteiger partial charge in [-0.15, -0.1) is 0 Å². The molecule has 0 spiro atoms. The lowest BCUT2D eigenvalue weighted by atomic mass is 9.85. The standard InChI is InChI=1S/C44H27N/c1-3-11-32-27(9-1)17-18-29-19-20-30(25-40(29)32)42-35-13-5-7-15-37(35)43(38-16-8-6-14-36(38)42)31-22-23-34-39-24-21-28-10-2-4-12-33(28)44(39)45-41(34)26-31/h1-26,45H. The minimum atomic E-state index is 1.16. The second kappa shape index (κ2) is 9.29. The Morgan fingerprint density at radius 1 is 0.289 bits per heavy atom. The van der Waals surface area contributed by atoms with Gasteiger partial charge in [0.25, 0.3) is 0 Å². The molecule has 0 atom stereocenters. The van der Waals surface area contributed by atoms with Crippen LogP contribution in [0.15, 0.2) is 158 Å². The fraction of sp³-hybridized carbons (Fsp3) is 0. The van der Waals surface area contributed by atoms with Crippen LogP contribution >= 0.6 is 0 Å². The Morgan fingerprint density at radius 3 is 1.40 bits per heavy atom. The molecular formula is C44H27N. The number of rotatable bonds is 2. The predicted molar refractivity (Wildman–Crippen MR) is 194 cm³/mol. The first-order valence-electron chi connectivity index (χ1n) is 15.6. The fourth-order valence-corrected chi connectivity index (χ4v) is 7.71. The molecule has 0 fully saturated rings. The first kappa shape index (κ1) is 24.5. The molecule has 1 N–H and O–H groups in total. The van der Waals surface area contributed by atoms with Crippen LogP contribution in [-0.4, -0.2) is 4.98 Å². The van der Waals surface area contributed by atoms with Crippen molar-refractivity contribution in [3.05, 3.63) is 158 Å². The van der Waals surface area contributed by atoms with E-state index >= 15 is 0 Å². The maximum absolute atomic E-state index is 3.80. The van der Waals surface area contributed by atoms with Gasteiger partial charge < -0.3 is 4.98 Å². The molecule has 0 saturated carbocycles. The molecule has 0 radical (unpaired) electrons. The average molecular weight is 570 g/mol. The minimum absolute atomic E-state index is 1.16. The molecule has 10 aromatic rings. The smallest absolute Gasteiger partial charge is 0.0544 e. The Balaban J connectivity index is 1.26. The van der Waals surface area contributed by atoms with E-state index in [9.17, 15) is 0 Å². The lowest BCUT2D eigenvalue weighted by Crippen LogP contribution is -1.91. The van der Waals surface area contributed by atoms with Crippen molar-refractivity contribution >= 4 is 75.7 Å². The van der Waals surface area contributed by atoms with Crippen LogP contribution in [0.4, 0.5) is 0 Å². The van der Waals surface area contributed by atoms with E-state index in [4.69, 9.17) is 0 Å². The maximum Gasteiger partial charge on any atom is 0.0544 e. The highest BCUT2D eigenvalue weighted by Gasteiger charge is 2.18. The van der Waals surface area contributed by atoms with E-state index in [1.54, 1.807) is 0 Å². The van der Waals surface area contributed by atoms with E-state index in [1.165, 1.54) is 92.4 Å². The van der Waals surface area contributed by atoms with Crippen LogP contribution < -0.4 is 0 Å². The van der Waals surface area contributed by atoms with Crippen molar-refractivity contribution in [1.82, 2.24) is 4.98 Å². The van der Waals surface area contributed by atoms with Gasteiger partial charge >= 0.3 is 0 Å². The van der Waals surface area contributed by atoms with Crippen LogP contribution in [-0.2, 0) is 0 Å². The van der Waals surface area contributed by atoms with Crippen LogP contribution in [0.3, 0.4) is 0 Å². The van der Waals surface area contributed by atoms with Gasteiger partial charge in [0.15, 0.2) is 0 Å². The van der Waals surface area contributed by atoms with Gasteiger partial charge in [0, 0.05) is 21.7 Å². The number of nitrogens with one attached hydrogen (secondary N) is 1. The van der Waals surface area contributed by atoms with Crippen molar-refractivity contribution in [2.75, 3.05) is 0 Å². The molecule has 1 aromatic heterocycles. The highest BCUT2D eigenvalue weighted by atomic mass is 14.7. The van der Waals surface area contributed by atoms with Gasteiger partial charge in [0.05, 0.1) is 5.52 Å². The third kappa shape index (κ3) is 3.56. The number of hydrogen-bond donors (Lipinski definition) is 1. The van der Waals surface area contributed by atoms with E-state index in [2.05, 4.69) is 163 Å². The normalized spacial score (nSPS) is 12.0. The van der Waals surface area contributed by atoms with Crippen molar-refractivity contribution in [2.45, 2.75) is 0 Å². The van der Waals surface area contributed by atoms with Crippen LogP contribution in [0.1, 0.15) is 0 Å². The maximum atomic E-state index is 3.80. The van der Waals surface area contributed by atoms with Gasteiger partial charge in [-0.2, -0.15) is 0 Å². The number of hydrogen-bond acceptors (Lipinski definition) is 0. The molecule has 1 nitrogen and oxygen atoms in total. The topological polar surface area (TPSA) is 15.8 Å². The Labute approximate surface area is 260 Å². The lowest BCUT2D eigenvalue weighted by molar-refractivity contribution is 1.56. The zero-order valence-electron chi connectivity index (χ0n) is 24.5. The van der Waals surface area contributed by atoms with Crippen molar-refractivity contribution in [3.63, 3.8) is 0 Å². The third-order valence-electron chi connectivity index (χ3n) is 9.75. The largest absolute Gasteiger partial charge is 0.354 e. The van der Waals surface area contributed by atoms with Crippen molar-refractivity contribution < 1.29 is 0 Å². The number of H-pyrrole nitrogens is 1. The summed E-state index contributed by atoms with van der Waals surface area (Å²) in [5.41, 5.74) is 7.41. The number of fused-ring (bicyclic) bond motifs is 10. The molecule has 0 unspecified atom stereocenters. The summed E-state index contributed by atoms with van der Waals surface area (Å²) in [4.78, 5) is 3.80. The van der Waals surface area contributed by atoms with E-state index < -0.39 is 0 Å². The van der Waals surface area contributed by atoms with Gasteiger partial charge in [-0.25, -0.2) is 0 Å². The third-order valence-corrected chi connectivity index (χ3v) is 9.75. The van der Waals surface area contributed by atoms with Gasteiger partial charge in [-0.1, -0.05) is 146 Å². The molecule has 10 rings (SSSR count). The van der Waals surface area contributed by atoms with E-state index in [-0.39, 0.29) is 0 Å². The van der Waals surface area contributed by atoms with Crippen molar-refractivity contribution in [2.24, 2.45) is 0 Å². The summed E-state index contributed by atoms with van der Waals surface area (Å²) in [5.74, 6) is 0. The van der Waals surface area contributed by atoms with Crippen LogP contribution in [0.5, 0.6) is 0 Å². The highest BCUT2D eigenvalue weighted by molar-refractivity contribution is 6.23. The molecule has 0 aliphatic heterocycles. The van der Waals surface area contributed by atoms with Crippen LogP contribution in [0.2, 0.25) is 0 Å². The minimum Gasteiger partial charge on any atom is -0.354 e.